The van der Waals surface area contributed by atoms with Gasteiger partial charge in [-0.2, -0.15) is 4.39 Å². The van der Waals surface area contributed by atoms with E-state index in [1.807, 2.05) is 0 Å². The third kappa shape index (κ3) is 2.84. The molecule has 114 valence electrons. The minimum atomic E-state index is -0.956. The first-order valence-electron chi connectivity index (χ1n) is 6.65. The van der Waals surface area contributed by atoms with Crippen LogP contribution in [0.2, 0.25) is 0 Å². The van der Waals surface area contributed by atoms with E-state index < -0.39 is 22.3 Å². The van der Waals surface area contributed by atoms with Crippen LogP contribution in [0, 0.1) is 15.9 Å². The fourth-order valence-corrected chi connectivity index (χ4v) is 2.23. The first-order valence-corrected chi connectivity index (χ1v) is 6.65. The maximum Gasteiger partial charge on any atom is 0.306 e. The van der Waals surface area contributed by atoms with Gasteiger partial charge in [0.15, 0.2) is 0 Å². The van der Waals surface area contributed by atoms with Crippen LogP contribution in [0.1, 0.15) is 10.4 Å². The van der Waals surface area contributed by atoms with Crippen molar-refractivity contribution in [3.8, 4) is 0 Å². The van der Waals surface area contributed by atoms with Crippen molar-refractivity contribution in [1.29, 1.82) is 0 Å². The van der Waals surface area contributed by atoms with Gasteiger partial charge in [-0.1, -0.05) is 12.1 Å². The lowest BCUT2D eigenvalue weighted by Crippen LogP contribution is -2.12. The van der Waals surface area contributed by atoms with Crippen molar-refractivity contribution >= 4 is 28.2 Å². The SMILES string of the molecule is O=C(Nc1ccc(F)c([N+](=O)[O-])c1)c1cccc2ncccc12. The molecule has 1 N–H and O–H groups in total. The Morgan fingerprint density at radius 2 is 2.00 bits per heavy atom. The number of nitrogens with one attached hydrogen (secondary N) is 1. The minimum Gasteiger partial charge on any atom is -0.322 e. The van der Waals surface area contributed by atoms with E-state index in [1.54, 1.807) is 36.5 Å². The number of halogens is 1. The lowest BCUT2D eigenvalue weighted by molar-refractivity contribution is -0.387. The molecular weight excluding hydrogens is 301 g/mol. The van der Waals surface area contributed by atoms with E-state index in [1.165, 1.54) is 6.07 Å². The van der Waals surface area contributed by atoms with Crippen molar-refractivity contribution in [2.45, 2.75) is 0 Å². The Labute approximate surface area is 129 Å². The summed E-state index contributed by atoms with van der Waals surface area (Å²) < 4.78 is 13.3. The molecule has 1 aromatic heterocycles. The number of carbonyl (C=O) groups is 1. The van der Waals surface area contributed by atoms with Crippen LogP contribution in [-0.4, -0.2) is 15.8 Å². The topological polar surface area (TPSA) is 85.1 Å². The van der Waals surface area contributed by atoms with Crippen LogP contribution in [0.15, 0.2) is 54.7 Å². The van der Waals surface area contributed by atoms with Crippen LogP contribution in [0.3, 0.4) is 0 Å². The molecule has 3 rings (SSSR count). The maximum absolute atomic E-state index is 13.3. The molecule has 1 heterocycles. The Morgan fingerprint density at radius 3 is 2.78 bits per heavy atom. The molecular formula is C16H10FN3O3. The maximum atomic E-state index is 13.3. The fourth-order valence-electron chi connectivity index (χ4n) is 2.23. The Bertz CT molecular complexity index is 922. The standard InChI is InChI=1S/C16H10FN3O3/c17-13-7-6-10(9-15(13)20(22)23)19-16(21)12-3-1-5-14-11(12)4-2-8-18-14/h1-9H,(H,19,21). The highest BCUT2D eigenvalue weighted by Crippen LogP contribution is 2.23. The first-order chi connectivity index (χ1) is 11.1. The molecule has 0 spiro atoms. The minimum absolute atomic E-state index is 0.143. The summed E-state index contributed by atoms with van der Waals surface area (Å²) >= 11 is 0. The van der Waals surface area contributed by atoms with Crippen molar-refractivity contribution in [2.24, 2.45) is 0 Å². The zero-order chi connectivity index (χ0) is 16.4. The number of rotatable bonds is 3. The van der Waals surface area contributed by atoms with Crippen LogP contribution in [-0.2, 0) is 0 Å². The van der Waals surface area contributed by atoms with Crippen LogP contribution < -0.4 is 5.32 Å². The molecule has 0 aliphatic heterocycles. The predicted octanol–water partition coefficient (Wildman–Crippen LogP) is 3.53. The van der Waals surface area contributed by atoms with E-state index in [0.29, 0.717) is 16.5 Å². The summed E-state index contributed by atoms with van der Waals surface area (Å²) in [6.07, 6.45) is 1.62. The Hall–Kier alpha value is -3.35. The smallest absolute Gasteiger partial charge is 0.306 e. The quantitative estimate of drug-likeness (QED) is 0.592. The third-order valence-electron chi connectivity index (χ3n) is 3.29. The van der Waals surface area contributed by atoms with Crippen molar-refractivity contribution < 1.29 is 14.1 Å². The van der Waals surface area contributed by atoms with Gasteiger partial charge in [0.2, 0.25) is 5.82 Å². The van der Waals surface area contributed by atoms with Gasteiger partial charge in [-0.25, -0.2) is 0 Å². The monoisotopic (exact) mass is 311 g/mol. The second-order valence-electron chi connectivity index (χ2n) is 4.75. The van der Waals surface area contributed by atoms with Crippen LogP contribution >= 0.6 is 0 Å². The molecule has 0 aliphatic carbocycles. The van der Waals surface area contributed by atoms with E-state index in [9.17, 15) is 19.3 Å². The highest BCUT2D eigenvalue weighted by atomic mass is 19.1. The van der Waals surface area contributed by atoms with E-state index in [4.69, 9.17) is 0 Å². The number of benzene rings is 2. The molecule has 0 unspecified atom stereocenters. The fraction of sp³-hybridized carbons (Fsp3) is 0. The van der Waals surface area contributed by atoms with Crippen LogP contribution in [0.5, 0.6) is 0 Å². The zero-order valence-corrected chi connectivity index (χ0v) is 11.7. The first kappa shape index (κ1) is 14.6. The van der Waals surface area contributed by atoms with Gasteiger partial charge < -0.3 is 5.32 Å². The van der Waals surface area contributed by atoms with Crippen molar-refractivity contribution in [3.05, 3.63) is 76.2 Å². The molecule has 23 heavy (non-hydrogen) atoms. The molecule has 0 saturated heterocycles. The number of nitro benzene ring substituents is 1. The van der Waals surface area contributed by atoms with E-state index in [-0.39, 0.29) is 5.69 Å². The lowest BCUT2D eigenvalue weighted by Gasteiger charge is -2.08. The number of nitrogens with zero attached hydrogens (tertiary/aromatic N) is 2. The summed E-state index contributed by atoms with van der Waals surface area (Å²) in [6.45, 7) is 0. The van der Waals surface area contributed by atoms with Gasteiger partial charge in [0, 0.05) is 28.9 Å². The molecule has 0 saturated carbocycles. The van der Waals surface area contributed by atoms with Gasteiger partial charge >= 0.3 is 5.69 Å². The molecule has 1 amide bonds. The van der Waals surface area contributed by atoms with Gasteiger partial charge in [-0.3, -0.25) is 19.9 Å². The summed E-state index contributed by atoms with van der Waals surface area (Å²) in [5.74, 6) is -1.41. The van der Waals surface area contributed by atoms with E-state index >= 15 is 0 Å². The Morgan fingerprint density at radius 1 is 1.17 bits per heavy atom. The van der Waals surface area contributed by atoms with Crippen LogP contribution in [0.4, 0.5) is 15.8 Å². The van der Waals surface area contributed by atoms with Crippen molar-refractivity contribution in [1.82, 2.24) is 4.98 Å². The molecule has 0 atom stereocenters. The average Bonchev–Trinajstić information content (AvgIpc) is 2.55. The van der Waals surface area contributed by atoms with Gasteiger partial charge in [-0.05, 0) is 30.3 Å². The van der Waals surface area contributed by atoms with Gasteiger partial charge in [0.05, 0.1) is 10.4 Å². The molecule has 7 heteroatoms. The third-order valence-corrected chi connectivity index (χ3v) is 3.29. The Kier molecular flexibility index (Phi) is 3.68. The number of aromatic nitrogens is 1. The molecule has 0 radical (unpaired) electrons. The van der Waals surface area contributed by atoms with Crippen molar-refractivity contribution in [3.63, 3.8) is 0 Å². The molecule has 2 aromatic carbocycles. The zero-order valence-electron chi connectivity index (χ0n) is 11.7. The number of anilines is 1. The van der Waals surface area contributed by atoms with Gasteiger partial charge in [0.25, 0.3) is 5.91 Å². The summed E-state index contributed by atoms with van der Waals surface area (Å²) in [7, 11) is 0. The number of fused-ring (bicyclic) bond motifs is 1. The molecule has 3 aromatic rings. The summed E-state index contributed by atoms with van der Waals surface area (Å²) in [4.78, 5) is 26.5. The second-order valence-corrected chi connectivity index (χ2v) is 4.75. The molecule has 0 fully saturated rings. The van der Waals surface area contributed by atoms with Crippen LogP contribution in [0.25, 0.3) is 10.9 Å². The summed E-state index contributed by atoms with van der Waals surface area (Å²) in [6, 6.07) is 11.7. The normalized spacial score (nSPS) is 10.5. The Balaban J connectivity index is 1.95. The molecule has 0 aliphatic rings. The highest BCUT2D eigenvalue weighted by Gasteiger charge is 2.16. The number of nitro groups is 1. The number of pyridine rings is 1. The largest absolute Gasteiger partial charge is 0.322 e. The van der Waals surface area contributed by atoms with Crippen molar-refractivity contribution in [2.75, 3.05) is 5.32 Å². The van der Waals surface area contributed by atoms with E-state index in [0.717, 1.165) is 12.1 Å². The van der Waals surface area contributed by atoms with Gasteiger partial charge in [0.1, 0.15) is 0 Å². The number of carbonyl (C=O) groups excluding carboxylic acids is 1. The molecule has 0 bridgehead atoms. The van der Waals surface area contributed by atoms with E-state index in [2.05, 4.69) is 10.3 Å². The second kappa shape index (κ2) is 5.80. The summed E-state index contributed by atoms with van der Waals surface area (Å²) in [5.41, 5.74) is 0.485. The number of amides is 1. The molecule has 6 nitrogen and oxygen atoms in total. The predicted molar refractivity (Wildman–Crippen MR) is 82.8 cm³/mol. The lowest BCUT2D eigenvalue weighted by atomic mass is 10.1. The summed E-state index contributed by atoms with van der Waals surface area (Å²) in [5, 5.41) is 13.9. The van der Waals surface area contributed by atoms with Gasteiger partial charge in [-0.15, -0.1) is 0 Å². The number of hydrogen-bond acceptors (Lipinski definition) is 4. The average molecular weight is 311 g/mol. The highest BCUT2D eigenvalue weighted by molar-refractivity contribution is 6.12. The number of hydrogen-bond donors (Lipinski definition) is 1.